The summed E-state index contributed by atoms with van der Waals surface area (Å²) in [6, 6.07) is 0. The number of carboxylic acid groups (broad SMARTS) is 1. The van der Waals surface area contributed by atoms with Gasteiger partial charge < -0.3 is 82.0 Å². The van der Waals surface area contributed by atoms with Crippen molar-refractivity contribution < 1.29 is 86.8 Å². The van der Waals surface area contributed by atoms with Crippen molar-refractivity contribution in [1.82, 2.24) is 0 Å². The molecule has 4 N–H and O–H groups in total. The van der Waals surface area contributed by atoms with Crippen LogP contribution in [0.1, 0.15) is 153 Å². The van der Waals surface area contributed by atoms with Crippen molar-refractivity contribution in [2.45, 2.75) is 280 Å². The highest BCUT2D eigenvalue weighted by atomic mass is 16.7. The van der Waals surface area contributed by atoms with E-state index in [1.54, 1.807) is 42.1 Å². The van der Waals surface area contributed by atoms with Crippen LogP contribution in [0.25, 0.3) is 0 Å². The van der Waals surface area contributed by atoms with Gasteiger partial charge >= 0.3 is 5.97 Å². The molecule has 0 bridgehead atoms. The zero-order valence-electron chi connectivity index (χ0n) is 45.7. The SMILES string of the molecule is CCC(C(=O)O)[C@@]1(O)O[C@@H]([C@H](C)[C@H]2O[C@@]3(CC[C@@](C)([C@H]4CC[C@@](C)([C@@H]5O[C@@H]([C@H]6O[C@](C)(O)[C@H](C)C[C@@H]6C)C[C@@H]5O[C@H]5CC[C@H](OC)[C@@H](C)O5)O4)O3)C[C@H](O)[C@H]2C)[C@H](OC)[C@@H](O[C@H]2CC[C@H](OC)[C@@H](C)O2)[C@@H]1C. The van der Waals surface area contributed by atoms with Crippen molar-refractivity contribution in [2.75, 3.05) is 21.3 Å². The largest absolute Gasteiger partial charge is 0.481 e. The molecule has 8 saturated heterocycles. The fraction of sp³-hybridized carbons (Fsp3) is 0.981. The lowest BCUT2D eigenvalue weighted by atomic mass is 9.73. The molecule has 72 heavy (non-hydrogen) atoms. The van der Waals surface area contributed by atoms with Crippen molar-refractivity contribution in [3.8, 4) is 0 Å². The van der Waals surface area contributed by atoms with Crippen LogP contribution < -0.4 is 0 Å². The molecule has 27 atom stereocenters. The third-order valence-corrected chi connectivity index (χ3v) is 19.1. The van der Waals surface area contributed by atoms with Crippen molar-refractivity contribution in [2.24, 2.45) is 35.5 Å². The highest BCUT2D eigenvalue weighted by Gasteiger charge is 2.65. The molecule has 0 aromatic carbocycles. The van der Waals surface area contributed by atoms with E-state index >= 15 is 0 Å². The Morgan fingerprint density at radius 2 is 1.35 bits per heavy atom. The Hall–Kier alpha value is -1.17. The fourth-order valence-electron chi connectivity index (χ4n) is 14.3. The monoisotopic (exact) mass is 1030 g/mol. The van der Waals surface area contributed by atoms with Crippen LogP contribution in [0, 0.1) is 35.5 Å². The molecule has 1 unspecified atom stereocenters. The van der Waals surface area contributed by atoms with Crippen molar-refractivity contribution >= 4 is 5.97 Å². The second-order valence-corrected chi connectivity index (χ2v) is 24.1. The van der Waals surface area contributed by atoms with Crippen molar-refractivity contribution in [3.63, 3.8) is 0 Å². The summed E-state index contributed by atoms with van der Waals surface area (Å²) in [5, 5.41) is 46.3. The van der Waals surface area contributed by atoms with Crippen LogP contribution in [0.2, 0.25) is 0 Å². The van der Waals surface area contributed by atoms with Crippen LogP contribution in [0.3, 0.4) is 0 Å². The van der Waals surface area contributed by atoms with Gasteiger partial charge in [-0.15, -0.1) is 0 Å². The zero-order valence-corrected chi connectivity index (χ0v) is 45.7. The van der Waals surface area contributed by atoms with E-state index in [1.165, 1.54) is 0 Å². The normalized spacial score (nSPS) is 53.2. The van der Waals surface area contributed by atoms with Gasteiger partial charge in [0.05, 0.1) is 84.4 Å². The van der Waals surface area contributed by atoms with Gasteiger partial charge in [0.2, 0.25) is 0 Å². The van der Waals surface area contributed by atoms with E-state index in [0.717, 1.165) is 12.8 Å². The van der Waals surface area contributed by atoms with E-state index in [1.807, 2.05) is 34.6 Å². The molecular weight excluding hydrogens is 937 g/mol. The third-order valence-electron chi connectivity index (χ3n) is 19.1. The minimum atomic E-state index is -2.15. The Kier molecular flexibility index (Phi) is 17.4. The van der Waals surface area contributed by atoms with Gasteiger partial charge in [-0.1, -0.05) is 41.5 Å². The molecule has 8 heterocycles. The third kappa shape index (κ3) is 10.9. The number of hydrogen-bond acceptors (Lipinski definition) is 17. The van der Waals surface area contributed by atoms with E-state index in [2.05, 4.69) is 20.8 Å². The minimum absolute atomic E-state index is 0.0103. The minimum Gasteiger partial charge on any atom is -0.481 e. The first-order chi connectivity index (χ1) is 33.8. The fourth-order valence-corrected chi connectivity index (χ4v) is 14.3. The number of aliphatic carboxylic acids is 1. The molecule has 0 aliphatic carbocycles. The highest BCUT2D eigenvalue weighted by molar-refractivity contribution is 5.71. The van der Waals surface area contributed by atoms with Crippen LogP contribution in [0.4, 0.5) is 0 Å². The molecule has 0 aromatic rings. The zero-order chi connectivity index (χ0) is 52.5. The number of methoxy groups -OCH3 is 3. The Balaban J connectivity index is 1.01. The second-order valence-electron chi connectivity index (χ2n) is 24.1. The Morgan fingerprint density at radius 1 is 0.708 bits per heavy atom. The molecule has 0 aromatic heterocycles. The predicted octanol–water partition coefficient (Wildman–Crippen LogP) is 6.24. The topological polar surface area (TPSA) is 218 Å². The predicted molar refractivity (Wildman–Crippen MR) is 259 cm³/mol. The van der Waals surface area contributed by atoms with Gasteiger partial charge in [-0.05, 0) is 85.5 Å². The summed E-state index contributed by atoms with van der Waals surface area (Å²) in [6.45, 7) is 21.3. The van der Waals surface area contributed by atoms with Crippen LogP contribution in [0.15, 0.2) is 0 Å². The lowest BCUT2D eigenvalue weighted by Crippen LogP contribution is -2.68. The number of hydrogen-bond donors (Lipinski definition) is 4. The van der Waals surface area contributed by atoms with E-state index in [-0.39, 0.29) is 73.5 Å². The van der Waals surface area contributed by atoms with Crippen LogP contribution in [0.5, 0.6) is 0 Å². The Bertz CT molecular complexity index is 1830. The second kappa shape index (κ2) is 21.9. The average Bonchev–Trinajstić information content (AvgIpc) is 4.04. The van der Waals surface area contributed by atoms with E-state index in [4.69, 9.17) is 61.6 Å². The van der Waals surface area contributed by atoms with Gasteiger partial charge in [-0.3, -0.25) is 4.79 Å². The van der Waals surface area contributed by atoms with Gasteiger partial charge in [-0.25, -0.2) is 0 Å². The molecule has 8 rings (SSSR count). The summed E-state index contributed by atoms with van der Waals surface area (Å²) >= 11 is 0. The highest BCUT2D eigenvalue weighted by Crippen LogP contribution is 2.55. The molecule has 1 spiro atoms. The van der Waals surface area contributed by atoms with Gasteiger partial charge in [0.25, 0.3) is 0 Å². The molecule has 18 nitrogen and oxygen atoms in total. The molecule has 18 heteroatoms. The van der Waals surface area contributed by atoms with Crippen LogP contribution in [-0.2, 0) is 66.4 Å². The van der Waals surface area contributed by atoms with Gasteiger partial charge in [0, 0.05) is 77.1 Å². The number of rotatable bonds is 15. The van der Waals surface area contributed by atoms with Gasteiger partial charge in [0.15, 0.2) is 29.9 Å². The van der Waals surface area contributed by atoms with Crippen molar-refractivity contribution in [1.29, 1.82) is 0 Å². The van der Waals surface area contributed by atoms with E-state index in [0.29, 0.717) is 51.4 Å². The quantitative estimate of drug-likeness (QED) is 0.143. The Labute approximate surface area is 428 Å². The van der Waals surface area contributed by atoms with Gasteiger partial charge in [-0.2, -0.15) is 0 Å². The molecule has 0 radical (unpaired) electrons. The summed E-state index contributed by atoms with van der Waals surface area (Å²) < 4.78 is 85.6. The number of ether oxygens (including phenoxy) is 13. The van der Waals surface area contributed by atoms with Gasteiger partial charge in [0.1, 0.15) is 18.1 Å². The first-order valence-electron chi connectivity index (χ1n) is 27.5. The van der Waals surface area contributed by atoms with Crippen LogP contribution >= 0.6 is 0 Å². The molecule has 8 aliphatic rings. The van der Waals surface area contributed by atoms with Crippen LogP contribution in [-0.4, -0.2) is 174 Å². The molecule has 8 aliphatic heterocycles. The number of aliphatic hydroxyl groups is 3. The lowest BCUT2D eigenvalue weighted by Gasteiger charge is -2.55. The summed E-state index contributed by atoms with van der Waals surface area (Å²) in [7, 11) is 4.92. The summed E-state index contributed by atoms with van der Waals surface area (Å²) in [5.41, 5.74) is -1.60. The van der Waals surface area contributed by atoms with E-state index < -0.39 is 107 Å². The number of carbonyl (C=O) groups is 1. The molecule has 0 saturated carbocycles. The Morgan fingerprint density at radius 3 is 1.93 bits per heavy atom. The molecule has 0 amide bonds. The standard InChI is InChI=1S/C54H92O18/c1-15-34(49(56)57)54(59)31(6)46(67-42-19-17-37(61-13)33(8)64-42)47(62-14)45(71-54)30(5)44-29(4)35(55)26-53(70-44)23-22-50(9,72-53)40-20-21-51(10,68-40)48-39(65-41-18-16-36(60-12)32(7)63-41)25-38(66-48)43-27(2)24-28(3)52(11,58)69-43/h27-48,55,58-59H,15-26H2,1-14H3,(H,56,57)/t27-,28+,29+,30+,31-,32+,33+,34?,35-,36-,37-,38+,39-,40+,41-,42-,43-,44-,45-,46-,47-,48+,50-,51-,52-,53+,54-/m0/s1. The smallest absolute Gasteiger partial charge is 0.311 e. The van der Waals surface area contributed by atoms with Crippen molar-refractivity contribution in [3.05, 3.63) is 0 Å². The number of aliphatic hydroxyl groups excluding tert-OH is 1. The average molecular weight is 1030 g/mol. The lowest BCUT2D eigenvalue weighted by molar-refractivity contribution is -0.386. The maximum absolute atomic E-state index is 12.8. The summed E-state index contributed by atoms with van der Waals surface area (Å²) in [6.07, 6.45) is -0.797. The molecular formula is C54H92O18. The first-order valence-corrected chi connectivity index (χ1v) is 27.5. The summed E-state index contributed by atoms with van der Waals surface area (Å²) in [5.74, 6) is -8.81. The maximum Gasteiger partial charge on any atom is 0.311 e. The first kappa shape index (κ1) is 57.0. The summed E-state index contributed by atoms with van der Waals surface area (Å²) in [4.78, 5) is 12.8. The number of carboxylic acids is 1. The molecule has 8 fully saturated rings. The maximum atomic E-state index is 12.8. The molecule has 416 valence electrons. The van der Waals surface area contributed by atoms with E-state index in [9.17, 15) is 25.2 Å².